The van der Waals surface area contributed by atoms with Crippen LogP contribution in [0.15, 0.2) is 54.9 Å². The summed E-state index contributed by atoms with van der Waals surface area (Å²) in [5.74, 6) is -0.0690. The van der Waals surface area contributed by atoms with E-state index < -0.39 is 12.1 Å². The minimum Gasteiger partial charge on any atom is -0.492 e. The van der Waals surface area contributed by atoms with Crippen LogP contribution in [0.4, 0.5) is 4.39 Å². The Morgan fingerprint density at radius 1 is 1.10 bits per heavy atom. The highest BCUT2D eigenvalue weighted by Gasteiger charge is 2.32. The van der Waals surface area contributed by atoms with Crippen molar-refractivity contribution in [2.24, 2.45) is 0 Å². The van der Waals surface area contributed by atoms with Gasteiger partial charge in [0.1, 0.15) is 23.4 Å². The number of hydrogen-bond donors (Lipinski definition) is 1. The smallest absolute Gasteiger partial charge is 0.304 e. The van der Waals surface area contributed by atoms with E-state index in [0.717, 1.165) is 50.3 Å². The number of aryl methyl sites for hydroxylation is 3. The number of hydrogen-bond acceptors (Lipinski definition) is 5. The van der Waals surface area contributed by atoms with E-state index in [-0.39, 0.29) is 18.2 Å². The Hall–Kier alpha value is -4.26. The van der Waals surface area contributed by atoms with Crippen LogP contribution in [-0.4, -0.2) is 27.7 Å². The molecule has 6 rings (SSSR count). The van der Waals surface area contributed by atoms with E-state index in [9.17, 15) is 4.79 Å². The zero-order valence-electron chi connectivity index (χ0n) is 22.1. The summed E-state index contributed by atoms with van der Waals surface area (Å²) in [6, 6.07) is 13.1. The Morgan fingerprint density at radius 2 is 1.90 bits per heavy atom. The van der Waals surface area contributed by atoms with Crippen molar-refractivity contribution in [2.45, 2.75) is 52.1 Å². The number of carboxylic acid groups (broad SMARTS) is 1. The molecule has 0 radical (unpaired) electrons. The lowest BCUT2D eigenvalue weighted by Crippen LogP contribution is -2.07. The van der Waals surface area contributed by atoms with Crippen molar-refractivity contribution in [3.05, 3.63) is 94.2 Å². The highest BCUT2D eigenvalue weighted by Crippen LogP contribution is 2.45. The van der Waals surface area contributed by atoms with Gasteiger partial charge < -0.3 is 14.6 Å². The van der Waals surface area contributed by atoms with E-state index in [4.69, 9.17) is 14.6 Å². The Labute approximate surface area is 226 Å². The SMILES string of the molecule is Cc1cncc(-c2cc(C)c(-c3ccc(F)c4c3CC[C@H]4Oc3ccc4c(c3)OCC4CC(=O)O)c(C)c2)n1. The molecule has 198 valence electrons. The zero-order chi connectivity index (χ0) is 27.3. The molecule has 1 aromatic heterocycles. The van der Waals surface area contributed by atoms with Gasteiger partial charge in [-0.3, -0.25) is 9.78 Å². The second-order valence-corrected chi connectivity index (χ2v) is 10.5. The van der Waals surface area contributed by atoms with Gasteiger partial charge in [-0.25, -0.2) is 9.37 Å². The predicted molar refractivity (Wildman–Crippen MR) is 146 cm³/mol. The molecule has 6 nitrogen and oxygen atoms in total. The van der Waals surface area contributed by atoms with Gasteiger partial charge in [0.25, 0.3) is 0 Å². The van der Waals surface area contributed by atoms with Gasteiger partial charge in [0, 0.05) is 34.9 Å². The van der Waals surface area contributed by atoms with Gasteiger partial charge in [0.2, 0.25) is 0 Å². The molecule has 0 saturated carbocycles. The van der Waals surface area contributed by atoms with Crippen molar-refractivity contribution in [3.63, 3.8) is 0 Å². The maximum Gasteiger partial charge on any atom is 0.304 e. The number of aliphatic carboxylic acids is 1. The summed E-state index contributed by atoms with van der Waals surface area (Å²) < 4.78 is 27.3. The van der Waals surface area contributed by atoms with Crippen LogP contribution >= 0.6 is 0 Å². The van der Waals surface area contributed by atoms with Gasteiger partial charge in [-0.1, -0.05) is 12.1 Å². The molecule has 1 aliphatic carbocycles. The van der Waals surface area contributed by atoms with Crippen molar-refractivity contribution in [1.29, 1.82) is 0 Å². The Morgan fingerprint density at radius 3 is 2.64 bits per heavy atom. The Kier molecular flexibility index (Phi) is 6.29. The Balaban J connectivity index is 1.31. The summed E-state index contributed by atoms with van der Waals surface area (Å²) in [4.78, 5) is 20.1. The van der Waals surface area contributed by atoms with E-state index in [0.29, 0.717) is 36.5 Å². The normalized spacial score (nSPS) is 17.4. The van der Waals surface area contributed by atoms with Crippen molar-refractivity contribution in [3.8, 4) is 33.9 Å². The number of aromatic nitrogens is 2. The molecule has 0 spiro atoms. The number of rotatable bonds is 6. The lowest BCUT2D eigenvalue weighted by molar-refractivity contribution is -0.137. The van der Waals surface area contributed by atoms with Crippen molar-refractivity contribution in [2.75, 3.05) is 6.61 Å². The minimum atomic E-state index is -0.852. The fraction of sp³-hybridized carbons (Fsp3) is 0.281. The molecular formula is C32H29FN2O4. The van der Waals surface area contributed by atoms with Gasteiger partial charge in [0.15, 0.2) is 0 Å². The molecule has 1 unspecified atom stereocenters. The maximum absolute atomic E-state index is 15.3. The monoisotopic (exact) mass is 524 g/mol. The number of benzene rings is 3. The van der Waals surface area contributed by atoms with Crippen LogP contribution in [0.1, 0.15) is 58.4 Å². The Bertz CT molecular complexity index is 1590. The number of fused-ring (bicyclic) bond motifs is 2. The molecule has 3 aromatic carbocycles. The fourth-order valence-electron chi connectivity index (χ4n) is 6.04. The summed E-state index contributed by atoms with van der Waals surface area (Å²) in [5, 5.41) is 9.16. The molecule has 7 heteroatoms. The lowest BCUT2D eigenvalue weighted by Gasteiger charge is -2.19. The van der Waals surface area contributed by atoms with Gasteiger partial charge in [0.05, 0.1) is 30.6 Å². The molecule has 2 aliphatic rings. The van der Waals surface area contributed by atoms with Gasteiger partial charge in [-0.15, -0.1) is 0 Å². The van der Waals surface area contributed by atoms with Gasteiger partial charge in [-0.05, 0) is 85.7 Å². The van der Waals surface area contributed by atoms with Crippen LogP contribution in [0, 0.1) is 26.6 Å². The number of halogens is 1. The largest absolute Gasteiger partial charge is 0.492 e. The molecule has 39 heavy (non-hydrogen) atoms. The second-order valence-electron chi connectivity index (χ2n) is 10.5. The summed E-state index contributed by atoms with van der Waals surface area (Å²) in [6.45, 7) is 6.42. The average molecular weight is 525 g/mol. The molecule has 4 aromatic rings. The van der Waals surface area contributed by atoms with Crippen molar-refractivity contribution < 1.29 is 23.8 Å². The van der Waals surface area contributed by atoms with E-state index in [1.165, 1.54) is 6.07 Å². The molecule has 1 N–H and O–H groups in total. The molecule has 2 heterocycles. The predicted octanol–water partition coefficient (Wildman–Crippen LogP) is 6.89. The fourth-order valence-corrected chi connectivity index (χ4v) is 6.04. The zero-order valence-corrected chi connectivity index (χ0v) is 22.1. The van der Waals surface area contributed by atoms with E-state index in [1.807, 2.05) is 25.1 Å². The topological polar surface area (TPSA) is 81.5 Å². The van der Waals surface area contributed by atoms with E-state index >= 15 is 4.39 Å². The summed E-state index contributed by atoms with van der Waals surface area (Å²) in [6.07, 6.45) is 4.49. The van der Waals surface area contributed by atoms with Crippen molar-refractivity contribution in [1.82, 2.24) is 9.97 Å². The molecule has 0 amide bonds. The lowest BCUT2D eigenvalue weighted by atomic mass is 9.88. The number of nitrogens with zero attached hydrogens (tertiary/aromatic N) is 2. The summed E-state index contributed by atoms with van der Waals surface area (Å²) >= 11 is 0. The molecule has 1 aliphatic heterocycles. The first-order valence-electron chi connectivity index (χ1n) is 13.2. The summed E-state index contributed by atoms with van der Waals surface area (Å²) in [7, 11) is 0. The highest BCUT2D eigenvalue weighted by molar-refractivity contribution is 5.79. The van der Waals surface area contributed by atoms with Crippen LogP contribution in [0.2, 0.25) is 0 Å². The van der Waals surface area contributed by atoms with Crippen LogP contribution < -0.4 is 9.47 Å². The third-order valence-electron chi connectivity index (χ3n) is 7.70. The quantitative estimate of drug-likeness (QED) is 0.296. The minimum absolute atomic E-state index is 0.0232. The molecular weight excluding hydrogens is 495 g/mol. The first-order chi connectivity index (χ1) is 18.8. The first-order valence-corrected chi connectivity index (χ1v) is 13.2. The highest BCUT2D eigenvalue weighted by atomic mass is 19.1. The van der Waals surface area contributed by atoms with Gasteiger partial charge >= 0.3 is 5.97 Å². The third-order valence-corrected chi connectivity index (χ3v) is 7.70. The standard InChI is InChI=1S/C32H29FN2O4/c1-17-10-20(27-15-34-14-19(3)35-27)11-18(2)31(17)24-6-8-26(33)32-25(24)7-9-28(32)39-22-4-5-23-21(12-30(36)37)16-38-29(23)13-22/h4-6,8,10-11,13-15,21,28H,7,9,12,16H2,1-3H3,(H,36,37)/t21?,28-/m1/s1. The third kappa shape index (κ3) is 4.62. The number of ether oxygens (including phenoxy) is 2. The van der Waals surface area contributed by atoms with E-state index in [2.05, 4.69) is 35.9 Å². The van der Waals surface area contributed by atoms with Crippen LogP contribution in [0.25, 0.3) is 22.4 Å². The molecule has 0 bridgehead atoms. The summed E-state index contributed by atoms with van der Waals surface area (Å²) in [5.41, 5.74) is 9.48. The number of carboxylic acids is 1. The van der Waals surface area contributed by atoms with Crippen LogP contribution in [0.5, 0.6) is 11.5 Å². The van der Waals surface area contributed by atoms with Crippen LogP contribution in [0.3, 0.4) is 0 Å². The average Bonchev–Trinajstić information content (AvgIpc) is 3.49. The van der Waals surface area contributed by atoms with Crippen LogP contribution in [-0.2, 0) is 11.2 Å². The number of carbonyl (C=O) groups is 1. The molecule has 0 saturated heterocycles. The maximum atomic E-state index is 15.3. The van der Waals surface area contributed by atoms with Crippen molar-refractivity contribution >= 4 is 5.97 Å². The molecule has 0 fully saturated rings. The van der Waals surface area contributed by atoms with Gasteiger partial charge in [-0.2, -0.15) is 0 Å². The second kappa shape index (κ2) is 9.80. The first kappa shape index (κ1) is 25.0. The molecule has 2 atom stereocenters. The van der Waals surface area contributed by atoms with E-state index in [1.54, 1.807) is 18.5 Å².